The molecule has 0 fully saturated rings. The average molecular weight is 206 g/mol. The zero-order valence-corrected chi connectivity index (χ0v) is 8.15. The summed E-state index contributed by atoms with van der Waals surface area (Å²) in [7, 11) is 0. The topological polar surface area (TPSA) is 70.7 Å². The van der Waals surface area contributed by atoms with Crippen molar-refractivity contribution < 1.29 is 14.6 Å². The molecular weight excluding hydrogens is 196 g/mol. The lowest BCUT2D eigenvalue weighted by molar-refractivity contribution is 0.378. The lowest BCUT2D eigenvalue weighted by atomic mass is 10.1. The van der Waals surface area contributed by atoms with E-state index in [0.717, 1.165) is 5.56 Å². The Morgan fingerprint density at radius 3 is 2.67 bits per heavy atom. The van der Waals surface area contributed by atoms with Gasteiger partial charge in [-0.3, -0.25) is 0 Å². The van der Waals surface area contributed by atoms with Gasteiger partial charge in [-0.15, -0.1) is 0 Å². The molecule has 0 radical (unpaired) electrons. The maximum atomic E-state index is 11.1. The number of hydrogen-bond donors (Lipinski definition) is 2. The van der Waals surface area contributed by atoms with E-state index in [2.05, 4.69) is 0 Å². The van der Waals surface area contributed by atoms with Gasteiger partial charge in [-0.1, -0.05) is 19.1 Å². The first-order chi connectivity index (χ1) is 7.15. The normalized spacial score (nSPS) is 10.7. The van der Waals surface area contributed by atoms with Gasteiger partial charge in [-0.2, -0.15) is 0 Å². The first-order valence-corrected chi connectivity index (χ1v) is 4.61. The lowest BCUT2D eigenvalue weighted by Gasteiger charge is -2.05. The third-order valence-corrected chi connectivity index (χ3v) is 2.35. The van der Waals surface area contributed by atoms with Crippen molar-refractivity contribution in [3.63, 3.8) is 0 Å². The Hall–Kier alpha value is -1.97. The van der Waals surface area contributed by atoms with Crippen molar-refractivity contribution in [3.8, 4) is 11.5 Å². The van der Waals surface area contributed by atoms with Crippen LogP contribution in [0, 0.1) is 0 Å². The first kappa shape index (κ1) is 9.58. The van der Waals surface area contributed by atoms with Crippen molar-refractivity contribution in [2.24, 2.45) is 0 Å². The highest BCUT2D eigenvalue weighted by Crippen LogP contribution is 2.32. The van der Waals surface area contributed by atoms with Crippen molar-refractivity contribution in [1.82, 2.24) is 0 Å². The largest absolute Gasteiger partial charge is 0.504 e. The van der Waals surface area contributed by atoms with Crippen LogP contribution >= 0.6 is 0 Å². The molecule has 2 aromatic rings. The summed E-state index contributed by atoms with van der Waals surface area (Å²) in [5.74, 6) is -1.14. The molecule has 2 N–H and O–H groups in total. The fraction of sp³-hybridized carbons (Fsp3) is 0.182. The summed E-state index contributed by atoms with van der Waals surface area (Å²) in [5, 5.41) is 19.3. The predicted octanol–water partition coefficient (Wildman–Crippen LogP) is 1.77. The summed E-state index contributed by atoms with van der Waals surface area (Å²) in [4.78, 5) is 11.1. The summed E-state index contributed by atoms with van der Waals surface area (Å²) in [5.41, 5.74) is 0.187. The highest BCUT2D eigenvalue weighted by molar-refractivity contribution is 5.88. The number of fused-ring (bicyclic) bond motifs is 1. The Morgan fingerprint density at radius 1 is 1.27 bits per heavy atom. The number of aromatic hydroxyl groups is 2. The molecular formula is C11H10O4. The molecule has 0 amide bonds. The maximum Gasteiger partial charge on any atom is 0.382 e. The van der Waals surface area contributed by atoms with E-state index >= 15 is 0 Å². The monoisotopic (exact) mass is 206 g/mol. The molecule has 4 nitrogen and oxygen atoms in total. The molecule has 15 heavy (non-hydrogen) atoms. The molecule has 0 aliphatic rings. The van der Waals surface area contributed by atoms with E-state index < -0.39 is 17.1 Å². The third kappa shape index (κ3) is 1.34. The molecule has 0 saturated heterocycles. The van der Waals surface area contributed by atoms with Crippen molar-refractivity contribution in [2.45, 2.75) is 13.3 Å². The molecule has 1 aromatic carbocycles. The van der Waals surface area contributed by atoms with Crippen molar-refractivity contribution in [3.05, 3.63) is 34.2 Å². The van der Waals surface area contributed by atoms with Crippen molar-refractivity contribution in [1.29, 1.82) is 0 Å². The van der Waals surface area contributed by atoms with Gasteiger partial charge >= 0.3 is 5.63 Å². The van der Waals surface area contributed by atoms with Gasteiger partial charge in [-0.05, 0) is 18.1 Å². The molecule has 0 aliphatic heterocycles. The first-order valence-electron chi connectivity index (χ1n) is 4.61. The van der Waals surface area contributed by atoms with Gasteiger partial charge < -0.3 is 14.6 Å². The quantitative estimate of drug-likeness (QED) is 0.697. The second-order valence-electron chi connectivity index (χ2n) is 3.23. The van der Waals surface area contributed by atoms with Gasteiger partial charge in [0, 0.05) is 0 Å². The van der Waals surface area contributed by atoms with Crippen LogP contribution in [0.5, 0.6) is 11.5 Å². The van der Waals surface area contributed by atoms with Crippen molar-refractivity contribution in [2.75, 3.05) is 0 Å². The van der Waals surface area contributed by atoms with E-state index in [0.29, 0.717) is 11.8 Å². The van der Waals surface area contributed by atoms with E-state index in [-0.39, 0.29) is 5.58 Å². The molecule has 2 rings (SSSR count). The van der Waals surface area contributed by atoms with Gasteiger partial charge in [-0.25, -0.2) is 4.79 Å². The van der Waals surface area contributed by atoms with E-state index in [1.54, 1.807) is 12.1 Å². The standard InChI is InChI=1S/C11H10O4/c1-2-6-4-3-5-7-8(6)9(12)10(13)11(14)15-7/h3-5,12-13H,2H2,1H3. The molecule has 0 saturated carbocycles. The molecule has 78 valence electrons. The Morgan fingerprint density at radius 2 is 2.00 bits per heavy atom. The Balaban J connectivity index is 2.99. The average Bonchev–Trinajstić information content (AvgIpc) is 2.25. The van der Waals surface area contributed by atoms with Crippen LogP contribution in [0.15, 0.2) is 27.4 Å². The SMILES string of the molecule is CCc1cccc2oc(=O)c(O)c(O)c12. The molecule has 1 aromatic heterocycles. The maximum absolute atomic E-state index is 11.1. The Kier molecular flexibility index (Phi) is 2.11. The number of rotatable bonds is 1. The highest BCUT2D eigenvalue weighted by atomic mass is 16.4. The van der Waals surface area contributed by atoms with Gasteiger partial charge in [0.1, 0.15) is 5.58 Å². The Labute approximate surface area is 85.4 Å². The minimum Gasteiger partial charge on any atom is -0.504 e. The molecule has 4 heteroatoms. The van der Waals surface area contributed by atoms with Crippen LogP contribution in [0.3, 0.4) is 0 Å². The zero-order chi connectivity index (χ0) is 11.0. The highest BCUT2D eigenvalue weighted by Gasteiger charge is 2.14. The van der Waals surface area contributed by atoms with Crippen LogP contribution < -0.4 is 5.63 Å². The van der Waals surface area contributed by atoms with Crippen LogP contribution in [0.4, 0.5) is 0 Å². The summed E-state index contributed by atoms with van der Waals surface area (Å²) in [6, 6.07) is 5.12. The van der Waals surface area contributed by atoms with Crippen LogP contribution in [0.25, 0.3) is 11.0 Å². The van der Waals surface area contributed by atoms with E-state index in [9.17, 15) is 15.0 Å². The fourth-order valence-corrected chi connectivity index (χ4v) is 1.59. The summed E-state index contributed by atoms with van der Waals surface area (Å²) in [6.45, 7) is 1.91. The number of hydrogen-bond acceptors (Lipinski definition) is 4. The van der Waals surface area contributed by atoms with E-state index in [1.807, 2.05) is 13.0 Å². The third-order valence-electron chi connectivity index (χ3n) is 2.35. The second-order valence-corrected chi connectivity index (χ2v) is 3.23. The molecule has 0 aliphatic carbocycles. The molecule has 0 unspecified atom stereocenters. The lowest BCUT2D eigenvalue weighted by Crippen LogP contribution is -1.99. The van der Waals surface area contributed by atoms with Gasteiger partial charge in [0.05, 0.1) is 5.39 Å². The zero-order valence-electron chi connectivity index (χ0n) is 8.15. The number of aryl methyl sites for hydroxylation is 1. The van der Waals surface area contributed by atoms with E-state index in [4.69, 9.17) is 4.42 Å². The summed E-state index contributed by atoms with van der Waals surface area (Å²) < 4.78 is 4.85. The molecule has 1 heterocycles. The van der Waals surface area contributed by atoms with Crippen molar-refractivity contribution >= 4 is 11.0 Å². The number of benzene rings is 1. The van der Waals surface area contributed by atoms with Gasteiger partial charge in [0.25, 0.3) is 0 Å². The van der Waals surface area contributed by atoms with Gasteiger partial charge in [0.15, 0.2) is 5.75 Å². The predicted molar refractivity (Wildman–Crippen MR) is 55.2 cm³/mol. The minimum atomic E-state index is -0.923. The second kappa shape index (κ2) is 3.31. The van der Waals surface area contributed by atoms with Crippen LogP contribution in [-0.2, 0) is 6.42 Å². The molecule has 0 bridgehead atoms. The molecule has 0 atom stereocenters. The molecule has 0 spiro atoms. The van der Waals surface area contributed by atoms with Gasteiger partial charge in [0.2, 0.25) is 5.75 Å². The Bertz CT molecular complexity index is 569. The summed E-state index contributed by atoms with van der Waals surface area (Å²) >= 11 is 0. The van der Waals surface area contributed by atoms with Crippen LogP contribution in [0.2, 0.25) is 0 Å². The smallest absolute Gasteiger partial charge is 0.382 e. The van der Waals surface area contributed by atoms with Crippen LogP contribution in [0.1, 0.15) is 12.5 Å². The van der Waals surface area contributed by atoms with E-state index in [1.165, 1.54) is 0 Å². The minimum absolute atomic E-state index is 0.287. The van der Waals surface area contributed by atoms with Crippen LogP contribution in [-0.4, -0.2) is 10.2 Å². The summed E-state index contributed by atoms with van der Waals surface area (Å²) in [6.07, 6.45) is 0.679. The fourth-order valence-electron chi connectivity index (χ4n) is 1.59.